The van der Waals surface area contributed by atoms with Crippen LogP contribution in [0.2, 0.25) is 0 Å². The van der Waals surface area contributed by atoms with Crippen LogP contribution in [0, 0.1) is 0 Å². The quantitative estimate of drug-likeness (QED) is 0.860. The van der Waals surface area contributed by atoms with Gasteiger partial charge in [-0.25, -0.2) is 9.50 Å². The largest absolute Gasteiger partial charge is 0.382 e. The SMILES string of the molecule is CC(=O)N1CCC(c2cc(Br)c3c(N)ncnn23)CC1. The molecular formula is C13H16BrN5O. The lowest BCUT2D eigenvalue weighted by molar-refractivity contribution is -0.129. The van der Waals surface area contributed by atoms with Gasteiger partial charge in [-0.15, -0.1) is 0 Å². The molecule has 3 heterocycles. The van der Waals surface area contributed by atoms with Crippen molar-refractivity contribution in [2.75, 3.05) is 18.8 Å². The molecule has 2 N–H and O–H groups in total. The molecule has 0 saturated carbocycles. The average Bonchev–Trinajstić information content (AvgIpc) is 2.77. The molecule has 20 heavy (non-hydrogen) atoms. The third-order valence-electron chi connectivity index (χ3n) is 3.92. The predicted molar refractivity (Wildman–Crippen MR) is 79.3 cm³/mol. The van der Waals surface area contributed by atoms with Crippen LogP contribution in [0.1, 0.15) is 31.4 Å². The standard InChI is InChI=1S/C13H16BrN5O/c1-8(20)18-4-2-9(3-5-18)11-6-10(14)12-13(15)16-7-17-19(11)12/h6-7,9H,2-5H2,1H3,(H2,15,16,17). The molecule has 3 rings (SSSR count). The number of hydrogen-bond acceptors (Lipinski definition) is 4. The lowest BCUT2D eigenvalue weighted by atomic mass is 9.93. The molecule has 0 atom stereocenters. The van der Waals surface area contributed by atoms with Crippen molar-refractivity contribution < 1.29 is 4.79 Å². The van der Waals surface area contributed by atoms with E-state index in [-0.39, 0.29) is 5.91 Å². The minimum Gasteiger partial charge on any atom is -0.382 e. The number of nitrogens with two attached hydrogens (primary N) is 1. The highest BCUT2D eigenvalue weighted by atomic mass is 79.9. The van der Waals surface area contributed by atoms with Gasteiger partial charge in [0.25, 0.3) is 0 Å². The minimum absolute atomic E-state index is 0.149. The van der Waals surface area contributed by atoms with Crippen LogP contribution in [0.15, 0.2) is 16.9 Å². The van der Waals surface area contributed by atoms with E-state index in [1.54, 1.807) is 6.92 Å². The number of piperidine rings is 1. The molecule has 2 aromatic rings. The summed E-state index contributed by atoms with van der Waals surface area (Å²) in [7, 11) is 0. The number of halogens is 1. The van der Waals surface area contributed by atoms with E-state index in [0.29, 0.717) is 11.7 Å². The highest BCUT2D eigenvalue weighted by Gasteiger charge is 2.25. The van der Waals surface area contributed by atoms with Crippen molar-refractivity contribution in [2.45, 2.75) is 25.7 Å². The molecule has 1 aliphatic heterocycles. The molecule has 6 nitrogen and oxygen atoms in total. The number of fused-ring (bicyclic) bond motifs is 1. The second-order valence-corrected chi connectivity index (χ2v) is 5.96. The van der Waals surface area contributed by atoms with Crippen molar-refractivity contribution in [2.24, 2.45) is 0 Å². The molecule has 7 heteroatoms. The summed E-state index contributed by atoms with van der Waals surface area (Å²) in [5.41, 5.74) is 7.85. The van der Waals surface area contributed by atoms with Crippen LogP contribution in [0.25, 0.3) is 5.52 Å². The van der Waals surface area contributed by atoms with Crippen LogP contribution in [-0.2, 0) is 4.79 Å². The van der Waals surface area contributed by atoms with E-state index in [0.717, 1.165) is 41.6 Å². The second kappa shape index (κ2) is 5.05. The Labute approximate surface area is 125 Å². The van der Waals surface area contributed by atoms with Crippen LogP contribution in [0.5, 0.6) is 0 Å². The molecule has 0 aromatic carbocycles. The maximum atomic E-state index is 11.4. The first-order valence-corrected chi connectivity index (χ1v) is 7.40. The number of carbonyl (C=O) groups excluding carboxylic acids is 1. The third kappa shape index (κ3) is 2.15. The molecule has 1 fully saturated rings. The van der Waals surface area contributed by atoms with Crippen molar-refractivity contribution in [1.29, 1.82) is 0 Å². The molecule has 0 unspecified atom stereocenters. The van der Waals surface area contributed by atoms with Gasteiger partial charge >= 0.3 is 0 Å². The number of nitrogens with zero attached hydrogens (tertiary/aromatic N) is 4. The van der Waals surface area contributed by atoms with Crippen LogP contribution >= 0.6 is 15.9 Å². The third-order valence-corrected chi connectivity index (χ3v) is 4.53. The van der Waals surface area contributed by atoms with Gasteiger partial charge in [0.2, 0.25) is 5.91 Å². The summed E-state index contributed by atoms with van der Waals surface area (Å²) in [6, 6.07) is 2.06. The minimum atomic E-state index is 0.149. The maximum absolute atomic E-state index is 11.4. The van der Waals surface area contributed by atoms with E-state index in [1.165, 1.54) is 6.33 Å². The van der Waals surface area contributed by atoms with E-state index in [4.69, 9.17) is 5.73 Å². The Kier molecular flexibility index (Phi) is 3.37. The molecule has 0 bridgehead atoms. The predicted octanol–water partition coefficient (Wildman–Crippen LogP) is 1.80. The summed E-state index contributed by atoms with van der Waals surface area (Å²) in [6.07, 6.45) is 3.37. The van der Waals surface area contributed by atoms with Gasteiger partial charge in [0.1, 0.15) is 11.8 Å². The number of amides is 1. The second-order valence-electron chi connectivity index (χ2n) is 5.10. The molecule has 2 aromatic heterocycles. The Morgan fingerprint density at radius 3 is 2.80 bits per heavy atom. The van der Waals surface area contributed by atoms with Gasteiger partial charge in [-0.1, -0.05) is 0 Å². The van der Waals surface area contributed by atoms with Gasteiger partial charge in [0.15, 0.2) is 5.82 Å². The van der Waals surface area contributed by atoms with Crippen LogP contribution in [0.4, 0.5) is 5.82 Å². The zero-order valence-electron chi connectivity index (χ0n) is 11.2. The van der Waals surface area contributed by atoms with Crippen LogP contribution in [-0.4, -0.2) is 38.5 Å². The van der Waals surface area contributed by atoms with Gasteiger partial charge < -0.3 is 10.6 Å². The Morgan fingerprint density at radius 1 is 1.45 bits per heavy atom. The summed E-state index contributed by atoms with van der Waals surface area (Å²) in [5.74, 6) is 1.01. The number of nitrogen functional groups attached to an aromatic ring is 1. The molecule has 1 aliphatic rings. The lowest BCUT2D eigenvalue weighted by Crippen LogP contribution is -2.36. The highest BCUT2D eigenvalue weighted by Crippen LogP contribution is 2.34. The lowest BCUT2D eigenvalue weighted by Gasteiger charge is -2.31. The fourth-order valence-electron chi connectivity index (χ4n) is 2.83. The summed E-state index contributed by atoms with van der Waals surface area (Å²) in [6.45, 7) is 3.22. The Bertz CT molecular complexity index is 660. The van der Waals surface area contributed by atoms with Crippen molar-refractivity contribution in [3.8, 4) is 0 Å². The molecule has 1 saturated heterocycles. The van der Waals surface area contributed by atoms with Gasteiger partial charge in [0.05, 0.1) is 0 Å². The highest BCUT2D eigenvalue weighted by molar-refractivity contribution is 9.10. The Hall–Kier alpha value is -1.63. The molecule has 0 radical (unpaired) electrons. The van der Waals surface area contributed by atoms with Gasteiger partial charge in [-0.3, -0.25) is 4.79 Å². The fourth-order valence-corrected chi connectivity index (χ4v) is 3.43. The van der Waals surface area contributed by atoms with Crippen LogP contribution < -0.4 is 5.73 Å². The molecule has 1 amide bonds. The van der Waals surface area contributed by atoms with E-state index in [2.05, 4.69) is 32.1 Å². The molecular weight excluding hydrogens is 322 g/mol. The normalized spacial score (nSPS) is 16.8. The Morgan fingerprint density at radius 2 is 2.15 bits per heavy atom. The number of carbonyl (C=O) groups is 1. The molecule has 0 aliphatic carbocycles. The van der Waals surface area contributed by atoms with Gasteiger partial charge in [-0.2, -0.15) is 5.10 Å². The van der Waals surface area contributed by atoms with Gasteiger partial charge in [0, 0.05) is 36.1 Å². The van der Waals surface area contributed by atoms with Crippen molar-refractivity contribution in [1.82, 2.24) is 19.5 Å². The van der Waals surface area contributed by atoms with Crippen molar-refractivity contribution in [3.05, 3.63) is 22.6 Å². The number of likely N-dealkylation sites (tertiary alicyclic amines) is 1. The monoisotopic (exact) mass is 337 g/mol. The smallest absolute Gasteiger partial charge is 0.219 e. The topological polar surface area (TPSA) is 76.5 Å². The summed E-state index contributed by atoms with van der Waals surface area (Å²) >= 11 is 3.52. The number of hydrogen-bond donors (Lipinski definition) is 1. The summed E-state index contributed by atoms with van der Waals surface area (Å²) in [5, 5.41) is 4.31. The first kappa shape index (κ1) is 13.4. The summed E-state index contributed by atoms with van der Waals surface area (Å²) in [4.78, 5) is 17.3. The van der Waals surface area contributed by atoms with E-state index >= 15 is 0 Å². The first-order chi connectivity index (χ1) is 9.58. The number of aromatic nitrogens is 3. The molecule has 106 valence electrons. The van der Waals surface area contributed by atoms with Crippen LogP contribution in [0.3, 0.4) is 0 Å². The molecule has 0 spiro atoms. The zero-order chi connectivity index (χ0) is 14.3. The zero-order valence-corrected chi connectivity index (χ0v) is 12.8. The first-order valence-electron chi connectivity index (χ1n) is 6.61. The Balaban J connectivity index is 1.92. The summed E-state index contributed by atoms with van der Waals surface area (Å²) < 4.78 is 2.78. The van der Waals surface area contributed by atoms with Gasteiger partial charge in [-0.05, 0) is 34.8 Å². The number of anilines is 1. The van der Waals surface area contributed by atoms with Crippen molar-refractivity contribution in [3.63, 3.8) is 0 Å². The van der Waals surface area contributed by atoms with Crippen molar-refractivity contribution >= 4 is 33.2 Å². The number of rotatable bonds is 1. The maximum Gasteiger partial charge on any atom is 0.219 e. The fraction of sp³-hybridized carbons (Fsp3) is 0.462. The van der Waals surface area contributed by atoms with E-state index < -0.39 is 0 Å². The van der Waals surface area contributed by atoms with E-state index in [9.17, 15) is 4.79 Å². The van der Waals surface area contributed by atoms with E-state index in [1.807, 2.05) is 9.42 Å². The average molecular weight is 338 g/mol.